The highest BCUT2D eigenvalue weighted by Gasteiger charge is 2.50. The molecule has 0 aromatic rings. The molecule has 0 aromatic carbocycles. The third kappa shape index (κ3) is 3.81. The van der Waals surface area contributed by atoms with Crippen molar-refractivity contribution in [2.75, 3.05) is 52.5 Å². The summed E-state index contributed by atoms with van der Waals surface area (Å²) in [5.74, 6) is 1.59. The van der Waals surface area contributed by atoms with Crippen molar-refractivity contribution in [3.05, 3.63) is 11.6 Å². The van der Waals surface area contributed by atoms with Gasteiger partial charge in [-0.25, -0.2) is 0 Å². The van der Waals surface area contributed by atoms with Crippen molar-refractivity contribution in [2.45, 2.75) is 39.7 Å². The van der Waals surface area contributed by atoms with Crippen molar-refractivity contribution in [2.24, 2.45) is 17.3 Å². The van der Waals surface area contributed by atoms with Gasteiger partial charge in [-0.05, 0) is 42.2 Å². The summed E-state index contributed by atoms with van der Waals surface area (Å²) < 4.78 is 5.85. The molecule has 1 N–H and O–H groups in total. The van der Waals surface area contributed by atoms with Crippen LogP contribution >= 0.6 is 0 Å². The van der Waals surface area contributed by atoms with Crippen LogP contribution in [0.15, 0.2) is 11.6 Å². The number of likely N-dealkylation sites (N-methyl/N-ethyl adjacent to an activating group) is 1. The molecule has 4 aliphatic rings. The summed E-state index contributed by atoms with van der Waals surface area (Å²) >= 11 is 0. The Kier molecular flexibility index (Phi) is 5.46. The fraction of sp³-hybridized carbons (Fsp3) is 0.895. The van der Waals surface area contributed by atoms with E-state index in [0.717, 1.165) is 45.2 Å². The molecule has 3 unspecified atom stereocenters. The maximum Gasteiger partial charge on any atom is 0.0900 e. The smallest absolute Gasteiger partial charge is 0.0900 e. The van der Waals surface area contributed by atoms with Crippen LogP contribution in [-0.4, -0.2) is 73.5 Å². The Labute approximate surface area is 141 Å². The van der Waals surface area contributed by atoms with Gasteiger partial charge in [0.2, 0.25) is 0 Å². The van der Waals surface area contributed by atoms with Crippen LogP contribution in [0, 0.1) is 17.3 Å². The van der Waals surface area contributed by atoms with E-state index in [1.54, 1.807) is 0 Å². The zero-order valence-corrected chi connectivity index (χ0v) is 15.1. The first kappa shape index (κ1) is 17.4. The number of ether oxygens (including phenoxy) is 1. The van der Waals surface area contributed by atoms with Crippen LogP contribution in [-0.2, 0) is 4.74 Å². The molecule has 0 amide bonds. The van der Waals surface area contributed by atoms with Crippen molar-refractivity contribution in [3.63, 3.8) is 0 Å². The average Bonchev–Trinajstić information content (AvgIpc) is 2.55. The average molecular weight is 322 g/mol. The van der Waals surface area contributed by atoms with Gasteiger partial charge in [-0.1, -0.05) is 26.8 Å². The number of aliphatic hydroxyl groups excluding tert-OH is 1. The van der Waals surface area contributed by atoms with Crippen molar-refractivity contribution in [1.29, 1.82) is 0 Å². The lowest BCUT2D eigenvalue weighted by atomic mass is 9.49. The molecular formula is C19H34N2O2. The predicted molar refractivity (Wildman–Crippen MR) is 93.5 cm³/mol. The van der Waals surface area contributed by atoms with Crippen molar-refractivity contribution >= 4 is 0 Å². The second-order valence-corrected chi connectivity index (χ2v) is 8.23. The standard InChI is InChI=1S/C19H34N2O2/c1-4-20-7-9-21(10-8-20)12-17(22)14-23-13-15-5-6-16-11-18(15)19(16,2)3/h5,16-18,22H,4,6-14H2,1-3H3. The third-order valence-corrected chi connectivity index (χ3v) is 6.54. The Bertz CT molecular complexity index is 427. The van der Waals surface area contributed by atoms with E-state index < -0.39 is 0 Å². The fourth-order valence-electron chi connectivity index (χ4n) is 4.59. The summed E-state index contributed by atoms with van der Waals surface area (Å²) in [5, 5.41) is 10.2. The molecule has 0 radical (unpaired) electrons. The van der Waals surface area contributed by atoms with E-state index in [0.29, 0.717) is 24.5 Å². The van der Waals surface area contributed by atoms with Gasteiger partial charge in [0, 0.05) is 32.7 Å². The quantitative estimate of drug-likeness (QED) is 0.727. The molecule has 4 heteroatoms. The number of piperazine rings is 1. The lowest BCUT2D eigenvalue weighted by Gasteiger charge is -2.56. The van der Waals surface area contributed by atoms with E-state index in [9.17, 15) is 5.11 Å². The molecule has 0 spiro atoms. The van der Waals surface area contributed by atoms with Crippen LogP contribution < -0.4 is 0 Å². The lowest BCUT2D eigenvalue weighted by Crippen LogP contribution is -2.49. The summed E-state index contributed by atoms with van der Waals surface area (Å²) in [6, 6.07) is 0. The van der Waals surface area contributed by atoms with Crippen LogP contribution in [0.3, 0.4) is 0 Å². The van der Waals surface area contributed by atoms with Gasteiger partial charge in [-0.2, -0.15) is 0 Å². The maximum atomic E-state index is 10.2. The zero-order valence-electron chi connectivity index (χ0n) is 15.1. The van der Waals surface area contributed by atoms with E-state index in [1.807, 2.05) is 0 Å². The van der Waals surface area contributed by atoms with Gasteiger partial charge in [0.1, 0.15) is 0 Å². The number of fused-ring (bicyclic) bond motifs is 1. The normalized spacial score (nSPS) is 32.3. The minimum Gasteiger partial charge on any atom is -0.389 e. The largest absolute Gasteiger partial charge is 0.389 e. The molecule has 3 atom stereocenters. The third-order valence-electron chi connectivity index (χ3n) is 6.54. The first-order valence-corrected chi connectivity index (χ1v) is 9.40. The molecule has 2 bridgehead atoms. The molecule has 3 aliphatic carbocycles. The first-order chi connectivity index (χ1) is 11.0. The van der Waals surface area contributed by atoms with E-state index >= 15 is 0 Å². The Morgan fingerprint density at radius 3 is 2.57 bits per heavy atom. The molecule has 1 saturated heterocycles. The van der Waals surface area contributed by atoms with Crippen molar-refractivity contribution in [3.8, 4) is 0 Å². The molecule has 23 heavy (non-hydrogen) atoms. The van der Waals surface area contributed by atoms with Gasteiger partial charge < -0.3 is 14.7 Å². The molecule has 4 rings (SSSR count). The Hall–Kier alpha value is -0.420. The van der Waals surface area contributed by atoms with Crippen molar-refractivity contribution < 1.29 is 9.84 Å². The van der Waals surface area contributed by atoms with E-state index in [2.05, 4.69) is 36.6 Å². The number of aliphatic hydroxyl groups is 1. The lowest BCUT2D eigenvalue weighted by molar-refractivity contribution is -0.0274. The number of allylic oxidation sites excluding steroid dienone is 1. The molecule has 132 valence electrons. The second kappa shape index (κ2) is 7.22. The van der Waals surface area contributed by atoms with Gasteiger partial charge in [-0.3, -0.25) is 4.90 Å². The maximum absolute atomic E-state index is 10.2. The number of β-amino-alcohol motifs (C(OH)–C–C–N with tert-alkyl or cyclic N) is 1. The van der Waals surface area contributed by atoms with Gasteiger partial charge in [0.15, 0.2) is 0 Å². The molecule has 1 saturated carbocycles. The summed E-state index contributed by atoms with van der Waals surface area (Å²) in [6.07, 6.45) is 4.58. The Morgan fingerprint density at radius 1 is 1.26 bits per heavy atom. The van der Waals surface area contributed by atoms with Crippen LogP contribution in [0.4, 0.5) is 0 Å². The monoisotopic (exact) mass is 322 g/mol. The Morgan fingerprint density at radius 2 is 1.96 bits per heavy atom. The van der Waals surface area contributed by atoms with E-state index in [-0.39, 0.29) is 6.10 Å². The molecule has 1 aliphatic heterocycles. The molecule has 4 nitrogen and oxygen atoms in total. The molecular weight excluding hydrogens is 288 g/mol. The van der Waals surface area contributed by atoms with Crippen LogP contribution in [0.25, 0.3) is 0 Å². The van der Waals surface area contributed by atoms with Gasteiger partial charge in [0.05, 0.1) is 19.3 Å². The highest BCUT2D eigenvalue weighted by molar-refractivity contribution is 5.23. The summed E-state index contributed by atoms with van der Waals surface area (Å²) in [4.78, 5) is 4.82. The predicted octanol–water partition coefficient (Wildman–Crippen LogP) is 1.99. The van der Waals surface area contributed by atoms with E-state index in [4.69, 9.17) is 4.74 Å². The highest BCUT2D eigenvalue weighted by atomic mass is 16.5. The zero-order chi connectivity index (χ0) is 16.4. The SMILES string of the molecule is CCN1CCN(CC(O)COCC2=CCC3CC2C3(C)C)CC1. The fourth-order valence-corrected chi connectivity index (χ4v) is 4.59. The van der Waals surface area contributed by atoms with E-state index in [1.165, 1.54) is 18.4 Å². The van der Waals surface area contributed by atoms with Crippen LogP contribution in [0.5, 0.6) is 0 Å². The number of rotatable bonds is 7. The summed E-state index contributed by atoms with van der Waals surface area (Å²) in [6.45, 7) is 14.4. The Balaban J connectivity index is 1.34. The summed E-state index contributed by atoms with van der Waals surface area (Å²) in [5.41, 5.74) is 1.94. The van der Waals surface area contributed by atoms with Crippen LogP contribution in [0.1, 0.15) is 33.6 Å². The number of hydrogen-bond acceptors (Lipinski definition) is 4. The van der Waals surface area contributed by atoms with Crippen molar-refractivity contribution in [1.82, 2.24) is 9.80 Å². The number of nitrogens with zero attached hydrogens (tertiary/aromatic N) is 2. The molecule has 1 heterocycles. The second-order valence-electron chi connectivity index (χ2n) is 8.23. The molecule has 2 fully saturated rings. The number of hydrogen-bond donors (Lipinski definition) is 1. The minimum absolute atomic E-state index is 0.366. The summed E-state index contributed by atoms with van der Waals surface area (Å²) in [7, 11) is 0. The minimum atomic E-state index is -0.366. The first-order valence-electron chi connectivity index (χ1n) is 9.40. The van der Waals surface area contributed by atoms with Gasteiger partial charge in [0.25, 0.3) is 0 Å². The molecule has 0 aromatic heterocycles. The van der Waals surface area contributed by atoms with Gasteiger partial charge >= 0.3 is 0 Å². The highest BCUT2D eigenvalue weighted by Crippen LogP contribution is 2.59. The van der Waals surface area contributed by atoms with Crippen LogP contribution in [0.2, 0.25) is 0 Å². The van der Waals surface area contributed by atoms with Gasteiger partial charge in [-0.15, -0.1) is 0 Å². The topological polar surface area (TPSA) is 35.9 Å².